The fourth-order valence-corrected chi connectivity index (χ4v) is 8.20. The average molecular weight is 683 g/mol. The predicted octanol–water partition coefficient (Wildman–Crippen LogP) is 3.86. The van der Waals surface area contributed by atoms with E-state index in [1.165, 1.54) is 9.47 Å². The van der Waals surface area contributed by atoms with E-state index < -0.39 is 18.3 Å². The molecule has 262 valence electrons. The molecule has 7 heterocycles. The number of nitrogens with one attached hydrogen (secondary N) is 1. The van der Waals surface area contributed by atoms with Crippen LogP contribution in [-0.2, 0) is 37.8 Å². The zero-order valence-electron chi connectivity index (χ0n) is 28.7. The van der Waals surface area contributed by atoms with E-state index in [9.17, 15) is 14.7 Å². The Kier molecular flexibility index (Phi) is 8.44. The van der Waals surface area contributed by atoms with Crippen LogP contribution in [0.15, 0.2) is 47.7 Å². The molecular formula is C37H43FN8O4. The molecule has 2 atom stereocenters. The lowest BCUT2D eigenvalue weighted by Crippen LogP contribution is -2.63. The van der Waals surface area contributed by atoms with Crippen molar-refractivity contribution in [3.63, 3.8) is 0 Å². The number of carbonyl (C=O) groups excluding carboxylic acids is 1. The van der Waals surface area contributed by atoms with Crippen LogP contribution < -0.4 is 20.7 Å². The standard InChI is InChI=1S/C37H43FN8O4/c1-22-17-46(26-20-50-21-26)23(2)16-45(22)25-8-9-32(40-15-25)41-30-14-24(18-42(3)36(30)48)27-10-11-39-35(29(27)19-47)44-13-12-43-31-7-5-4-6-28(31)33(38)34(43)37(44)49/h8-11,14-15,18,22-23,26,47H,4-7,12-13,16-17,19-21H2,1-3H3,(H,40,41)/t22-,23+/m0/s1. The van der Waals surface area contributed by atoms with Crippen molar-refractivity contribution in [2.24, 2.45) is 7.05 Å². The van der Waals surface area contributed by atoms with Crippen LogP contribution in [0.2, 0.25) is 0 Å². The first-order valence-electron chi connectivity index (χ1n) is 17.6. The molecule has 1 amide bonds. The van der Waals surface area contributed by atoms with Crippen LogP contribution in [0.3, 0.4) is 0 Å². The zero-order chi connectivity index (χ0) is 34.7. The Balaban J connectivity index is 1.05. The van der Waals surface area contributed by atoms with Crippen LogP contribution in [-0.4, -0.2) is 86.0 Å². The number of aromatic nitrogens is 4. The van der Waals surface area contributed by atoms with Crippen molar-refractivity contribution >= 4 is 28.9 Å². The maximum absolute atomic E-state index is 15.6. The smallest absolute Gasteiger partial charge is 0.279 e. The summed E-state index contributed by atoms with van der Waals surface area (Å²) in [5.74, 6) is -0.0829. The highest BCUT2D eigenvalue weighted by atomic mass is 19.1. The number of ether oxygens (including phenoxy) is 1. The number of amides is 1. The quantitative estimate of drug-likeness (QED) is 0.300. The first kappa shape index (κ1) is 32.6. The van der Waals surface area contributed by atoms with Gasteiger partial charge in [0.05, 0.1) is 37.7 Å². The van der Waals surface area contributed by atoms with E-state index >= 15 is 4.39 Å². The average Bonchev–Trinajstić information content (AvgIpc) is 3.39. The summed E-state index contributed by atoms with van der Waals surface area (Å²) in [5, 5.41) is 13.9. The predicted molar refractivity (Wildman–Crippen MR) is 189 cm³/mol. The minimum atomic E-state index is -0.460. The monoisotopic (exact) mass is 682 g/mol. The Morgan fingerprint density at radius 3 is 2.60 bits per heavy atom. The van der Waals surface area contributed by atoms with Gasteiger partial charge in [-0.15, -0.1) is 0 Å². The SMILES string of the molecule is C[C@@H]1CN(c2ccc(Nc3cc(-c4ccnc(N5CCn6c7c(c(F)c6C5=O)CCCC7)c4CO)cn(C)c3=O)nc2)[C@@H](C)CN1C1COC1. The van der Waals surface area contributed by atoms with Crippen molar-refractivity contribution in [2.45, 2.75) is 70.8 Å². The van der Waals surface area contributed by atoms with E-state index in [-0.39, 0.29) is 17.1 Å². The van der Waals surface area contributed by atoms with Gasteiger partial charge < -0.3 is 29.2 Å². The van der Waals surface area contributed by atoms with Gasteiger partial charge in [-0.05, 0) is 69.4 Å². The number of hydrogen-bond donors (Lipinski definition) is 2. The lowest BCUT2D eigenvalue weighted by atomic mass is 9.97. The Morgan fingerprint density at radius 2 is 1.86 bits per heavy atom. The second-order valence-electron chi connectivity index (χ2n) is 14.0. The topological polar surface area (TPSA) is 121 Å². The third-order valence-corrected chi connectivity index (χ3v) is 10.9. The second kappa shape index (κ2) is 12.9. The number of aliphatic hydroxyl groups excluding tert-OH is 1. The van der Waals surface area contributed by atoms with E-state index in [1.54, 1.807) is 31.6 Å². The van der Waals surface area contributed by atoms with Gasteiger partial charge in [0.1, 0.15) is 23.0 Å². The van der Waals surface area contributed by atoms with E-state index in [1.807, 2.05) is 22.9 Å². The van der Waals surface area contributed by atoms with Crippen LogP contribution in [0.5, 0.6) is 0 Å². The van der Waals surface area contributed by atoms with E-state index in [0.29, 0.717) is 71.4 Å². The number of anilines is 4. The van der Waals surface area contributed by atoms with Gasteiger partial charge >= 0.3 is 0 Å². The highest BCUT2D eigenvalue weighted by molar-refractivity contribution is 6.06. The summed E-state index contributed by atoms with van der Waals surface area (Å²) < 4.78 is 24.3. The molecule has 1 aliphatic carbocycles. The molecule has 2 saturated heterocycles. The van der Waals surface area contributed by atoms with Crippen LogP contribution >= 0.6 is 0 Å². The number of rotatable bonds is 7. The molecule has 4 aliphatic rings. The number of halogens is 1. The van der Waals surface area contributed by atoms with E-state index in [2.05, 4.69) is 38.9 Å². The molecule has 4 aromatic heterocycles. The zero-order valence-corrected chi connectivity index (χ0v) is 28.7. The summed E-state index contributed by atoms with van der Waals surface area (Å²) >= 11 is 0. The third-order valence-electron chi connectivity index (χ3n) is 10.9. The molecule has 4 aromatic rings. The fourth-order valence-electron chi connectivity index (χ4n) is 8.20. The molecule has 12 nitrogen and oxygen atoms in total. The summed E-state index contributed by atoms with van der Waals surface area (Å²) in [7, 11) is 1.67. The molecule has 2 fully saturated rings. The molecule has 50 heavy (non-hydrogen) atoms. The fraction of sp³-hybridized carbons (Fsp3) is 0.459. The van der Waals surface area contributed by atoms with Gasteiger partial charge in [-0.1, -0.05) is 0 Å². The molecule has 8 rings (SSSR count). The molecule has 0 unspecified atom stereocenters. The number of carbonyl (C=O) groups is 1. The van der Waals surface area contributed by atoms with Gasteiger partial charge in [-0.3, -0.25) is 19.4 Å². The Bertz CT molecular complexity index is 2010. The minimum Gasteiger partial charge on any atom is -0.392 e. The van der Waals surface area contributed by atoms with Crippen LogP contribution in [0, 0.1) is 5.82 Å². The summed E-state index contributed by atoms with van der Waals surface area (Å²) in [4.78, 5) is 42.7. The van der Waals surface area contributed by atoms with Gasteiger partial charge in [0.25, 0.3) is 11.5 Å². The van der Waals surface area contributed by atoms with E-state index in [4.69, 9.17) is 4.74 Å². The van der Waals surface area contributed by atoms with Crippen molar-refractivity contribution in [3.8, 4) is 11.1 Å². The Morgan fingerprint density at radius 1 is 1.04 bits per heavy atom. The molecular weight excluding hydrogens is 639 g/mol. The largest absolute Gasteiger partial charge is 0.392 e. The maximum atomic E-state index is 15.6. The van der Waals surface area contributed by atoms with E-state index in [0.717, 1.165) is 56.9 Å². The van der Waals surface area contributed by atoms with Gasteiger partial charge in [-0.25, -0.2) is 14.4 Å². The number of fused-ring (bicyclic) bond motifs is 3. The van der Waals surface area contributed by atoms with Crippen molar-refractivity contribution < 1.29 is 19.0 Å². The lowest BCUT2D eigenvalue weighted by molar-refractivity contribution is -0.0828. The first-order chi connectivity index (χ1) is 24.2. The molecule has 2 N–H and O–H groups in total. The summed E-state index contributed by atoms with van der Waals surface area (Å²) in [6, 6.07) is 8.59. The van der Waals surface area contributed by atoms with Crippen molar-refractivity contribution in [1.29, 1.82) is 0 Å². The van der Waals surface area contributed by atoms with Crippen molar-refractivity contribution in [3.05, 3.63) is 81.5 Å². The third kappa shape index (κ3) is 5.48. The van der Waals surface area contributed by atoms with Gasteiger partial charge in [0.15, 0.2) is 5.82 Å². The number of pyridine rings is 3. The first-order valence-corrected chi connectivity index (χ1v) is 17.6. The molecule has 0 bridgehead atoms. The van der Waals surface area contributed by atoms with Crippen molar-refractivity contribution in [2.75, 3.05) is 48.0 Å². The highest BCUT2D eigenvalue weighted by Gasteiger charge is 2.38. The van der Waals surface area contributed by atoms with Gasteiger partial charge in [0.2, 0.25) is 0 Å². The number of aliphatic hydroxyl groups is 1. The minimum absolute atomic E-state index is 0.0707. The Hall–Kier alpha value is -4.59. The molecule has 0 saturated carbocycles. The van der Waals surface area contributed by atoms with Gasteiger partial charge in [-0.2, -0.15) is 0 Å². The summed E-state index contributed by atoms with van der Waals surface area (Å²) in [6.45, 7) is 8.30. The summed E-state index contributed by atoms with van der Waals surface area (Å²) in [5.41, 5.74) is 4.43. The molecule has 0 aromatic carbocycles. The highest BCUT2D eigenvalue weighted by Crippen LogP contribution is 2.36. The second-order valence-corrected chi connectivity index (χ2v) is 14.0. The van der Waals surface area contributed by atoms with Gasteiger partial charge in [0, 0.05) is 80.1 Å². The Labute approximate surface area is 290 Å². The number of piperazine rings is 1. The van der Waals surface area contributed by atoms with Crippen LogP contribution in [0.1, 0.15) is 54.0 Å². The molecule has 0 spiro atoms. The van der Waals surface area contributed by atoms with Crippen LogP contribution in [0.25, 0.3) is 11.1 Å². The molecule has 0 radical (unpaired) electrons. The normalized spacial score (nSPS) is 21.2. The number of hydrogen-bond acceptors (Lipinski definition) is 9. The summed E-state index contributed by atoms with van der Waals surface area (Å²) in [6.07, 6.45) is 8.41. The molecule has 13 heteroatoms. The maximum Gasteiger partial charge on any atom is 0.279 e. The lowest BCUT2D eigenvalue weighted by Gasteiger charge is -2.50. The number of aryl methyl sites for hydroxylation is 1. The van der Waals surface area contributed by atoms with Crippen LogP contribution in [0.4, 0.5) is 27.4 Å². The number of nitrogens with zero attached hydrogens (tertiary/aromatic N) is 7. The van der Waals surface area contributed by atoms with Crippen molar-refractivity contribution in [1.82, 2.24) is 24.0 Å². The molecule has 3 aliphatic heterocycles.